The Morgan fingerprint density at radius 3 is 2.33 bits per heavy atom. The molecular formula is C25H28BrN3O4. The van der Waals surface area contributed by atoms with Crippen molar-refractivity contribution in [2.24, 2.45) is 0 Å². The third-order valence-electron chi connectivity index (χ3n) is 5.61. The van der Waals surface area contributed by atoms with Crippen molar-refractivity contribution in [2.45, 2.75) is 45.7 Å². The van der Waals surface area contributed by atoms with Crippen molar-refractivity contribution in [1.82, 2.24) is 15.1 Å². The maximum Gasteiger partial charge on any atom is 0.261 e. The number of carbonyl (C=O) groups excluding carboxylic acids is 4. The molecule has 2 aromatic carbocycles. The number of rotatable bonds is 10. The molecular weight excluding hydrogens is 486 g/mol. The number of hydrogen-bond acceptors (Lipinski definition) is 4. The first-order valence-electron chi connectivity index (χ1n) is 11.1. The van der Waals surface area contributed by atoms with E-state index >= 15 is 0 Å². The lowest BCUT2D eigenvalue weighted by atomic mass is 10.1. The van der Waals surface area contributed by atoms with Gasteiger partial charge < -0.3 is 10.2 Å². The molecule has 2 aromatic rings. The average Bonchev–Trinajstić information content (AvgIpc) is 3.05. The van der Waals surface area contributed by atoms with Gasteiger partial charge in [-0.15, -0.1) is 0 Å². The molecule has 0 fully saturated rings. The lowest BCUT2D eigenvalue weighted by Crippen LogP contribution is -2.47. The van der Waals surface area contributed by atoms with Crippen molar-refractivity contribution in [3.05, 3.63) is 69.7 Å². The van der Waals surface area contributed by atoms with Crippen molar-refractivity contribution in [3.63, 3.8) is 0 Å². The topological polar surface area (TPSA) is 86.8 Å². The highest BCUT2D eigenvalue weighted by atomic mass is 79.9. The van der Waals surface area contributed by atoms with Crippen LogP contribution in [0.5, 0.6) is 0 Å². The predicted octanol–water partition coefficient (Wildman–Crippen LogP) is 3.77. The van der Waals surface area contributed by atoms with Gasteiger partial charge in [-0.2, -0.15) is 0 Å². The van der Waals surface area contributed by atoms with Gasteiger partial charge in [0.05, 0.1) is 11.1 Å². The van der Waals surface area contributed by atoms with Gasteiger partial charge in [-0.3, -0.25) is 24.1 Å². The van der Waals surface area contributed by atoms with Crippen molar-refractivity contribution >= 4 is 39.6 Å². The molecule has 0 saturated carbocycles. The fraction of sp³-hybridized carbons (Fsp3) is 0.360. The minimum Gasteiger partial charge on any atom is -0.354 e. The molecule has 0 saturated heterocycles. The number of carbonyl (C=O) groups is 4. The van der Waals surface area contributed by atoms with Gasteiger partial charge in [0.15, 0.2) is 0 Å². The monoisotopic (exact) mass is 513 g/mol. The average molecular weight is 514 g/mol. The summed E-state index contributed by atoms with van der Waals surface area (Å²) < 4.78 is 0.890. The largest absolute Gasteiger partial charge is 0.354 e. The highest BCUT2D eigenvalue weighted by Crippen LogP contribution is 2.23. The second kappa shape index (κ2) is 11.2. The molecule has 0 radical (unpaired) electrons. The van der Waals surface area contributed by atoms with Crippen LogP contribution in [0, 0.1) is 0 Å². The molecule has 4 amide bonds. The van der Waals surface area contributed by atoms with Crippen LogP contribution >= 0.6 is 15.9 Å². The number of amides is 4. The van der Waals surface area contributed by atoms with E-state index in [0.717, 1.165) is 16.5 Å². The van der Waals surface area contributed by atoms with Crippen LogP contribution in [-0.2, 0) is 16.1 Å². The minimum absolute atomic E-state index is 0.118. The normalized spacial score (nSPS) is 13.6. The van der Waals surface area contributed by atoms with Crippen molar-refractivity contribution in [1.29, 1.82) is 0 Å². The van der Waals surface area contributed by atoms with E-state index in [0.29, 0.717) is 24.1 Å². The van der Waals surface area contributed by atoms with E-state index < -0.39 is 6.04 Å². The Kier molecular flexibility index (Phi) is 8.38. The molecule has 0 unspecified atom stereocenters. The quantitative estimate of drug-likeness (QED) is 0.490. The number of nitrogens with one attached hydrogen (secondary N) is 1. The van der Waals surface area contributed by atoms with E-state index in [1.807, 2.05) is 31.2 Å². The second-order valence-corrected chi connectivity index (χ2v) is 8.95. The zero-order valence-corrected chi connectivity index (χ0v) is 20.4. The smallest absolute Gasteiger partial charge is 0.261 e. The predicted molar refractivity (Wildman–Crippen MR) is 128 cm³/mol. The first-order chi connectivity index (χ1) is 15.8. The third-order valence-corrected chi connectivity index (χ3v) is 6.10. The SMILES string of the molecule is CCCNC(=O)[C@@H](C)N(Cc1cccc(Br)c1)C(=O)CCCN1C(=O)c2ccccc2C1=O. The third kappa shape index (κ3) is 5.87. The molecule has 8 heteroatoms. The maximum atomic E-state index is 13.2. The molecule has 1 heterocycles. The van der Waals surface area contributed by atoms with E-state index in [-0.39, 0.29) is 43.1 Å². The zero-order chi connectivity index (χ0) is 24.0. The lowest BCUT2D eigenvalue weighted by molar-refractivity contribution is -0.140. The standard InChI is InChI=1S/C25H28BrN3O4/c1-3-13-27-23(31)17(2)29(16-18-8-6-9-19(26)15-18)22(30)12-7-14-28-24(32)20-10-4-5-11-21(20)25(28)33/h4-6,8-11,15,17H,3,7,12-14,16H2,1-2H3,(H,27,31)/t17-/m1/s1. The molecule has 0 aromatic heterocycles. The summed E-state index contributed by atoms with van der Waals surface area (Å²) >= 11 is 3.44. The number of nitrogens with zero attached hydrogens (tertiary/aromatic N) is 2. The summed E-state index contributed by atoms with van der Waals surface area (Å²) in [4.78, 5) is 53.6. The molecule has 33 heavy (non-hydrogen) atoms. The fourth-order valence-corrected chi connectivity index (χ4v) is 4.23. The number of halogens is 1. The maximum absolute atomic E-state index is 13.2. The molecule has 1 aliphatic heterocycles. The van der Waals surface area contributed by atoms with Crippen LogP contribution in [0.15, 0.2) is 53.0 Å². The van der Waals surface area contributed by atoms with Crippen LogP contribution in [0.2, 0.25) is 0 Å². The van der Waals surface area contributed by atoms with Crippen LogP contribution in [0.4, 0.5) is 0 Å². The van der Waals surface area contributed by atoms with Crippen LogP contribution in [0.3, 0.4) is 0 Å². The second-order valence-electron chi connectivity index (χ2n) is 8.03. The van der Waals surface area contributed by atoms with Crippen LogP contribution in [0.1, 0.15) is 59.4 Å². The molecule has 3 rings (SSSR count). The Labute approximate surface area is 202 Å². The Balaban J connectivity index is 1.66. The molecule has 1 atom stereocenters. The van der Waals surface area contributed by atoms with E-state index in [9.17, 15) is 19.2 Å². The molecule has 1 aliphatic rings. The van der Waals surface area contributed by atoms with Gasteiger partial charge in [0.2, 0.25) is 11.8 Å². The fourth-order valence-electron chi connectivity index (χ4n) is 3.78. The summed E-state index contributed by atoms with van der Waals surface area (Å²) in [5, 5.41) is 2.85. The highest BCUT2D eigenvalue weighted by molar-refractivity contribution is 9.10. The van der Waals surface area contributed by atoms with E-state index in [2.05, 4.69) is 21.2 Å². The van der Waals surface area contributed by atoms with Crippen LogP contribution in [-0.4, -0.2) is 52.6 Å². The van der Waals surface area contributed by atoms with Gasteiger partial charge in [-0.05, 0) is 49.6 Å². The zero-order valence-electron chi connectivity index (χ0n) is 18.8. The van der Waals surface area contributed by atoms with Crippen molar-refractivity contribution < 1.29 is 19.2 Å². The Morgan fingerprint density at radius 2 is 1.73 bits per heavy atom. The summed E-state index contributed by atoms with van der Waals surface area (Å²) in [6, 6.07) is 13.7. The lowest BCUT2D eigenvalue weighted by Gasteiger charge is -2.29. The molecule has 0 spiro atoms. The van der Waals surface area contributed by atoms with Gasteiger partial charge >= 0.3 is 0 Å². The van der Waals surface area contributed by atoms with Crippen LogP contribution < -0.4 is 5.32 Å². The van der Waals surface area contributed by atoms with E-state index in [4.69, 9.17) is 0 Å². The summed E-state index contributed by atoms with van der Waals surface area (Å²) in [6.45, 7) is 4.66. The molecule has 0 bridgehead atoms. The van der Waals surface area contributed by atoms with Gasteiger partial charge in [-0.25, -0.2) is 0 Å². The van der Waals surface area contributed by atoms with E-state index in [1.165, 1.54) is 4.90 Å². The number of benzene rings is 2. The number of hydrogen-bond donors (Lipinski definition) is 1. The molecule has 0 aliphatic carbocycles. The number of fused-ring (bicyclic) bond motifs is 1. The summed E-state index contributed by atoms with van der Waals surface area (Å²) in [5.41, 5.74) is 1.69. The van der Waals surface area contributed by atoms with E-state index in [1.54, 1.807) is 36.1 Å². The Bertz CT molecular complexity index is 1020. The first-order valence-corrected chi connectivity index (χ1v) is 11.9. The number of imide groups is 1. The highest BCUT2D eigenvalue weighted by Gasteiger charge is 2.35. The van der Waals surface area contributed by atoms with Gasteiger partial charge in [0, 0.05) is 30.5 Å². The van der Waals surface area contributed by atoms with Gasteiger partial charge in [0.25, 0.3) is 11.8 Å². The van der Waals surface area contributed by atoms with Crippen LogP contribution in [0.25, 0.3) is 0 Å². The first kappa shape index (κ1) is 24.6. The summed E-state index contributed by atoms with van der Waals surface area (Å²) in [6.07, 6.45) is 1.24. The minimum atomic E-state index is -0.651. The summed E-state index contributed by atoms with van der Waals surface area (Å²) in [5.74, 6) is -1.08. The Hall–Kier alpha value is -3.00. The van der Waals surface area contributed by atoms with Crippen molar-refractivity contribution in [3.8, 4) is 0 Å². The molecule has 7 nitrogen and oxygen atoms in total. The van der Waals surface area contributed by atoms with Gasteiger partial charge in [-0.1, -0.05) is 47.1 Å². The molecule has 174 valence electrons. The summed E-state index contributed by atoms with van der Waals surface area (Å²) in [7, 11) is 0. The van der Waals surface area contributed by atoms with Crippen molar-refractivity contribution in [2.75, 3.05) is 13.1 Å². The molecule has 1 N–H and O–H groups in total. The van der Waals surface area contributed by atoms with Gasteiger partial charge in [0.1, 0.15) is 6.04 Å². The Morgan fingerprint density at radius 1 is 1.06 bits per heavy atom.